The van der Waals surface area contributed by atoms with Crippen LogP contribution < -0.4 is 10.1 Å². The third kappa shape index (κ3) is 6.47. The maximum Gasteiger partial charge on any atom is 0.336 e. The second-order valence-electron chi connectivity index (χ2n) is 9.60. The van der Waals surface area contributed by atoms with E-state index >= 15 is 8.78 Å². The molecule has 0 aliphatic carbocycles. The molecule has 0 bridgehead atoms. The predicted octanol–water partition coefficient (Wildman–Crippen LogP) is 5.45. The van der Waals surface area contributed by atoms with Crippen molar-refractivity contribution < 1.29 is 32.2 Å². The number of rotatable bonds is 8. The SMILES string of the molecule is CC1=C(C(=O)OCCOc2ccccc2)C(c2c(F)ccc(F)c2F)C2=C(CN(Cc3ccccc3)CC2=O)N1.Cl. The first-order chi connectivity index (χ1) is 19.3. The van der Waals surface area contributed by atoms with Gasteiger partial charge in [0, 0.05) is 35.6 Å². The van der Waals surface area contributed by atoms with E-state index in [9.17, 15) is 14.0 Å². The molecule has 2 aliphatic rings. The van der Waals surface area contributed by atoms with Crippen molar-refractivity contribution >= 4 is 24.2 Å². The molecule has 1 atom stereocenters. The van der Waals surface area contributed by atoms with Crippen LogP contribution in [0.25, 0.3) is 0 Å². The number of allylic oxidation sites excluding steroid dienone is 1. The Balaban J connectivity index is 0.00000387. The van der Waals surface area contributed by atoms with Gasteiger partial charge in [-0.15, -0.1) is 12.4 Å². The number of ketones is 1. The number of hydrogen-bond acceptors (Lipinski definition) is 6. The first kappa shape index (κ1) is 29.9. The van der Waals surface area contributed by atoms with Crippen molar-refractivity contribution in [3.05, 3.63) is 124 Å². The average molecular weight is 585 g/mol. The van der Waals surface area contributed by atoms with Gasteiger partial charge in [-0.3, -0.25) is 9.69 Å². The number of hydrogen-bond donors (Lipinski definition) is 1. The van der Waals surface area contributed by atoms with E-state index in [0.29, 0.717) is 24.1 Å². The van der Waals surface area contributed by atoms with Gasteiger partial charge in [0.1, 0.15) is 24.8 Å². The van der Waals surface area contributed by atoms with Gasteiger partial charge in [0.2, 0.25) is 0 Å². The van der Waals surface area contributed by atoms with Gasteiger partial charge < -0.3 is 14.8 Å². The van der Waals surface area contributed by atoms with E-state index < -0.39 is 40.7 Å². The van der Waals surface area contributed by atoms with Crippen LogP contribution in [0.3, 0.4) is 0 Å². The molecule has 10 heteroatoms. The van der Waals surface area contributed by atoms with Crippen LogP contribution in [0.15, 0.2) is 95.3 Å². The van der Waals surface area contributed by atoms with E-state index in [2.05, 4.69) is 5.32 Å². The molecule has 3 aromatic carbocycles. The van der Waals surface area contributed by atoms with E-state index in [-0.39, 0.29) is 55.6 Å². The first-order valence-electron chi connectivity index (χ1n) is 12.8. The summed E-state index contributed by atoms with van der Waals surface area (Å²) < 4.78 is 55.7. The fraction of sp³-hybridized carbons (Fsp3) is 0.226. The maximum atomic E-state index is 15.2. The Labute approximate surface area is 241 Å². The lowest BCUT2D eigenvalue weighted by Crippen LogP contribution is -2.45. The summed E-state index contributed by atoms with van der Waals surface area (Å²) in [5.41, 5.74) is 0.809. The van der Waals surface area contributed by atoms with Crippen LogP contribution in [0.4, 0.5) is 13.2 Å². The van der Waals surface area contributed by atoms with Crippen LogP contribution in [-0.4, -0.2) is 43.0 Å². The number of esters is 1. The molecule has 1 N–H and O–H groups in total. The van der Waals surface area contributed by atoms with Gasteiger partial charge in [0.05, 0.1) is 18.0 Å². The summed E-state index contributed by atoms with van der Waals surface area (Å²) in [6.45, 7) is 2.12. The number of ether oxygens (including phenoxy) is 2. The van der Waals surface area contributed by atoms with Crippen molar-refractivity contribution in [2.75, 3.05) is 26.3 Å². The molecule has 41 heavy (non-hydrogen) atoms. The highest BCUT2D eigenvalue weighted by Crippen LogP contribution is 2.43. The number of halogens is 4. The Morgan fingerprint density at radius 2 is 1.59 bits per heavy atom. The predicted molar refractivity (Wildman–Crippen MR) is 149 cm³/mol. The highest BCUT2D eigenvalue weighted by atomic mass is 35.5. The summed E-state index contributed by atoms with van der Waals surface area (Å²) in [4.78, 5) is 28.8. The molecule has 3 aromatic rings. The monoisotopic (exact) mass is 584 g/mol. The quantitative estimate of drug-likeness (QED) is 0.216. The molecule has 0 saturated heterocycles. The van der Waals surface area contributed by atoms with Crippen LogP contribution in [0.5, 0.6) is 5.75 Å². The molecule has 0 fully saturated rings. The molecule has 2 aliphatic heterocycles. The lowest BCUT2D eigenvalue weighted by Gasteiger charge is -2.38. The van der Waals surface area contributed by atoms with Gasteiger partial charge in [0.25, 0.3) is 0 Å². The lowest BCUT2D eigenvalue weighted by molar-refractivity contribution is -0.140. The van der Waals surface area contributed by atoms with E-state index in [1.54, 1.807) is 31.2 Å². The summed E-state index contributed by atoms with van der Waals surface area (Å²) in [6.07, 6.45) is 0. The largest absolute Gasteiger partial charge is 0.490 e. The van der Waals surface area contributed by atoms with Gasteiger partial charge in [-0.25, -0.2) is 18.0 Å². The second kappa shape index (κ2) is 13.1. The van der Waals surface area contributed by atoms with Crippen molar-refractivity contribution in [2.45, 2.75) is 19.4 Å². The molecular weight excluding hydrogens is 557 g/mol. The first-order valence-corrected chi connectivity index (χ1v) is 12.8. The molecule has 0 spiro atoms. The normalized spacial score (nSPS) is 17.0. The summed E-state index contributed by atoms with van der Waals surface area (Å²) in [7, 11) is 0. The van der Waals surface area contributed by atoms with Crippen molar-refractivity contribution in [1.29, 1.82) is 0 Å². The Morgan fingerprint density at radius 1 is 0.927 bits per heavy atom. The van der Waals surface area contributed by atoms with E-state index in [0.717, 1.165) is 11.6 Å². The van der Waals surface area contributed by atoms with E-state index in [1.807, 2.05) is 41.3 Å². The number of nitrogens with zero attached hydrogens (tertiary/aromatic N) is 1. The number of carbonyl (C=O) groups is 2. The van der Waals surface area contributed by atoms with Crippen LogP contribution in [0.1, 0.15) is 24.0 Å². The van der Waals surface area contributed by atoms with Crippen LogP contribution in [0, 0.1) is 17.5 Å². The number of nitrogens with one attached hydrogen (secondary N) is 1. The van der Waals surface area contributed by atoms with Crippen molar-refractivity contribution in [3.8, 4) is 5.75 Å². The van der Waals surface area contributed by atoms with Gasteiger partial charge in [-0.1, -0.05) is 48.5 Å². The summed E-state index contributed by atoms with van der Waals surface area (Å²) in [5, 5.41) is 3.09. The Morgan fingerprint density at radius 3 is 2.29 bits per heavy atom. The van der Waals surface area contributed by atoms with Crippen molar-refractivity contribution in [3.63, 3.8) is 0 Å². The van der Waals surface area contributed by atoms with Crippen molar-refractivity contribution in [2.24, 2.45) is 0 Å². The van der Waals surface area contributed by atoms with E-state index in [4.69, 9.17) is 9.47 Å². The molecule has 1 unspecified atom stereocenters. The van der Waals surface area contributed by atoms with Gasteiger partial charge in [0.15, 0.2) is 17.4 Å². The third-order valence-electron chi connectivity index (χ3n) is 6.86. The van der Waals surface area contributed by atoms with Gasteiger partial charge in [-0.2, -0.15) is 0 Å². The number of benzene rings is 3. The minimum absolute atomic E-state index is 0. The van der Waals surface area contributed by atoms with Gasteiger partial charge >= 0.3 is 5.97 Å². The summed E-state index contributed by atoms with van der Waals surface area (Å²) in [5.74, 6) is -6.03. The maximum absolute atomic E-state index is 15.2. The lowest BCUT2D eigenvalue weighted by atomic mass is 9.77. The minimum atomic E-state index is -1.49. The molecular formula is C31H28ClF3N2O4. The molecule has 0 aromatic heterocycles. The molecule has 0 radical (unpaired) electrons. The van der Waals surface area contributed by atoms with E-state index in [1.165, 1.54) is 0 Å². The zero-order valence-electron chi connectivity index (χ0n) is 22.2. The highest BCUT2D eigenvalue weighted by molar-refractivity contribution is 6.04. The molecule has 0 amide bonds. The molecule has 5 rings (SSSR count). The number of carbonyl (C=O) groups excluding carboxylic acids is 2. The fourth-order valence-corrected chi connectivity index (χ4v) is 5.13. The zero-order valence-corrected chi connectivity index (χ0v) is 23.0. The average Bonchev–Trinajstić information content (AvgIpc) is 2.94. The standard InChI is InChI=1S/C31H27F3N2O4.ClH/c1-19-26(31(38)40-15-14-39-21-10-6-3-7-11-21)29(27-22(32)12-13-23(33)30(27)34)28-24(35-19)17-36(18-25(28)37)16-20-8-4-2-5-9-20;/h2-13,29,35H,14-18H2,1H3;1H. The molecule has 214 valence electrons. The number of Topliss-reactive ketones (excluding diaryl/α,β-unsaturated/α-hetero) is 1. The smallest absolute Gasteiger partial charge is 0.336 e. The summed E-state index contributed by atoms with van der Waals surface area (Å²) >= 11 is 0. The molecule has 6 nitrogen and oxygen atoms in total. The Kier molecular flexibility index (Phi) is 9.52. The minimum Gasteiger partial charge on any atom is -0.490 e. The Bertz CT molecular complexity index is 1500. The zero-order chi connectivity index (χ0) is 28.2. The molecule has 0 saturated carbocycles. The Hall–Kier alpha value is -4.08. The van der Waals surface area contributed by atoms with Crippen LogP contribution in [0.2, 0.25) is 0 Å². The van der Waals surface area contributed by atoms with Crippen LogP contribution >= 0.6 is 12.4 Å². The highest BCUT2D eigenvalue weighted by Gasteiger charge is 2.43. The van der Waals surface area contributed by atoms with Gasteiger partial charge in [-0.05, 0) is 36.8 Å². The van der Waals surface area contributed by atoms with Crippen molar-refractivity contribution in [1.82, 2.24) is 10.2 Å². The number of dihydropyridines is 1. The number of para-hydroxylation sites is 1. The summed E-state index contributed by atoms with van der Waals surface area (Å²) in [6, 6.07) is 19.9. The second-order valence-corrected chi connectivity index (χ2v) is 9.60. The van der Waals surface area contributed by atoms with Crippen LogP contribution in [-0.2, 0) is 20.9 Å². The third-order valence-corrected chi connectivity index (χ3v) is 6.86. The molecule has 2 heterocycles. The topological polar surface area (TPSA) is 67.9 Å². The fourth-order valence-electron chi connectivity index (χ4n) is 5.13.